The van der Waals surface area contributed by atoms with Crippen LogP contribution in [0.3, 0.4) is 0 Å². The lowest BCUT2D eigenvalue weighted by Gasteiger charge is -2.21. The van der Waals surface area contributed by atoms with E-state index in [0.717, 1.165) is 71.8 Å². The highest BCUT2D eigenvalue weighted by Crippen LogP contribution is 2.48. The lowest BCUT2D eigenvalue weighted by Crippen LogP contribution is -2.03. The highest BCUT2D eigenvalue weighted by atomic mass is 16.6. The molecular weight excluding hydrogens is 617 g/mol. The molecule has 234 valence electrons. The van der Waals surface area contributed by atoms with Crippen LogP contribution < -0.4 is 9.47 Å². The number of hydrogen-bond donors (Lipinski definition) is 0. The second kappa shape index (κ2) is 11.4. The van der Waals surface area contributed by atoms with Gasteiger partial charge in [0.1, 0.15) is 0 Å². The van der Waals surface area contributed by atoms with Crippen LogP contribution in [-0.4, -0.2) is 19.9 Å². The van der Waals surface area contributed by atoms with Gasteiger partial charge in [-0.05, 0) is 63.0 Å². The smallest absolute Gasteiger partial charge is 0.284 e. The Hall–Kier alpha value is -6.92. The Morgan fingerprint density at radius 2 is 0.800 bits per heavy atom. The van der Waals surface area contributed by atoms with E-state index in [0.29, 0.717) is 29.1 Å². The van der Waals surface area contributed by atoms with Crippen molar-refractivity contribution in [1.82, 2.24) is 19.9 Å². The van der Waals surface area contributed by atoms with Crippen LogP contribution in [0.5, 0.6) is 23.3 Å². The molecule has 7 aromatic carbocycles. The predicted octanol–water partition coefficient (Wildman–Crippen LogP) is 11.3. The van der Waals surface area contributed by atoms with Crippen LogP contribution in [0.4, 0.5) is 0 Å². The fraction of sp³-hybridized carbons (Fsp3) is 0. The summed E-state index contributed by atoms with van der Waals surface area (Å²) in [7, 11) is 0. The molecule has 10 rings (SSSR count). The van der Waals surface area contributed by atoms with Gasteiger partial charge in [-0.1, -0.05) is 127 Å². The van der Waals surface area contributed by atoms with Gasteiger partial charge in [0.15, 0.2) is 17.3 Å². The van der Waals surface area contributed by atoms with Crippen molar-refractivity contribution in [3.05, 3.63) is 158 Å². The van der Waals surface area contributed by atoms with E-state index < -0.39 is 0 Å². The van der Waals surface area contributed by atoms with Gasteiger partial charge in [0.2, 0.25) is 0 Å². The first-order valence-electron chi connectivity index (χ1n) is 16.5. The molecule has 2 aromatic heterocycles. The van der Waals surface area contributed by atoms with Gasteiger partial charge in [-0.25, -0.2) is 19.9 Å². The summed E-state index contributed by atoms with van der Waals surface area (Å²) < 4.78 is 12.6. The van der Waals surface area contributed by atoms with Crippen molar-refractivity contribution in [2.45, 2.75) is 0 Å². The third-order valence-corrected chi connectivity index (χ3v) is 9.17. The molecule has 0 radical (unpaired) electrons. The Morgan fingerprint density at radius 1 is 0.340 bits per heavy atom. The molecule has 0 saturated heterocycles. The van der Waals surface area contributed by atoms with Crippen molar-refractivity contribution >= 4 is 32.6 Å². The molecule has 0 fully saturated rings. The molecule has 50 heavy (non-hydrogen) atoms. The maximum Gasteiger partial charge on any atom is 0.284 e. The van der Waals surface area contributed by atoms with E-state index >= 15 is 0 Å². The number of ether oxygens (including phenoxy) is 2. The minimum Gasteiger partial charge on any atom is -0.431 e. The zero-order chi connectivity index (χ0) is 33.0. The van der Waals surface area contributed by atoms with Crippen LogP contribution >= 0.6 is 0 Å². The SMILES string of the molecule is c1ccc(-c2cc(-c3ccccc3)nc(-c3c4ccccc4c(-c4ccc5c(c4)Oc4nc6ccccc6nc4O5)c4ccccc34)n2)cc1. The standard InChI is InChI=1S/C44H26N4O2/c1-3-13-27(14-4-1)36-26-37(28-15-5-2-6-16-28)46-42(45-36)41-32-19-9-7-17-30(32)40(31-18-8-10-20-33(31)41)29-23-24-38-39(25-29)50-44-43(49-38)47-34-21-11-12-22-35(34)48-44/h1-26H. The van der Waals surface area contributed by atoms with E-state index in [1.807, 2.05) is 72.8 Å². The molecule has 6 heteroatoms. The maximum absolute atomic E-state index is 6.36. The molecular formula is C44H26N4O2. The molecule has 6 nitrogen and oxygen atoms in total. The molecule has 0 bridgehead atoms. The summed E-state index contributed by atoms with van der Waals surface area (Å²) in [4.78, 5) is 19.8. The van der Waals surface area contributed by atoms with Crippen LogP contribution in [0.2, 0.25) is 0 Å². The highest BCUT2D eigenvalue weighted by Gasteiger charge is 2.25. The van der Waals surface area contributed by atoms with Gasteiger partial charge < -0.3 is 9.47 Å². The van der Waals surface area contributed by atoms with Crippen molar-refractivity contribution in [3.8, 4) is 68.3 Å². The molecule has 0 saturated carbocycles. The third-order valence-electron chi connectivity index (χ3n) is 9.17. The fourth-order valence-corrected chi connectivity index (χ4v) is 6.89. The van der Waals surface area contributed by atoms with Crippen molar-refractivity contribution < 1.29 is 9.47 Å². The molecule has 1 aliphatic rings. The van der Waals surface area contributed by atoms with E-state index in [1.165, 1.54) is 0 Å². The molecule has 0 aliphatic carbocycles. The Balaban J connectivity index is 1.19. The summed E-state index contributed by atoms with van der Waals surface area (Å²) in [6.45, 7) is 0. The number of para-hydroxylation sites is 2. The Morgan fingerprint density at radius 3 is 1.34 bits per heavy atom. The molecule has 0 spiro atoms. The Kier molecular flexibility index (Phi) is 6.39. The second-order valence-corrected chi connectivity index (χ2v) is 12.2. The number of benzene rings is 7. The summed E-state index contributed by atoms with van der Waals surface area (Å²) in [5, 5.41) is 4.28. The van der Waals surface area contributed by atoms with Crippen molar-refractivity contribution in [2.75, 3.05) is 0 Å². The summed E-state index contributed by atoms with van der Waals surface area (Å²) in [6.07, 6.45) is 0. The molecule has 1 aliphatic heterocycles. The predicted molar refractivity (Wildman–Crippen MR) is 198 cm³/mol. The average molecular weight is 643 g/mol. The van der Waals surface area contributed by atoms with Crippen molar-refractivity contribution in [2.24, 2.45) is 0 Å². The van der Waals surface area contributed by atoms with E-state index in [1.54, 1.807) is 0 Å². The number of rotatable bonds is 4. The normalized spacial score (nSPS) is 11.9. The summed E-state index contributed by atoms with van der Waals surface area (Å²) in [6, 6.07) is 53.4. The zero-order valence-corrected chi connectivity index (χ0v) is 26.6. The number of hydrogen-bond acceptors (Lipinski definition) is 6. The molecule has 0 N–H and O–H groups in total. The topological polar surface area (TPSA) is 70.0 Å². The molecule has 0 atom stereocenters. The van der Waals surface area contributed by atoms with Gasteiger partial charge >= 0.3 is 0 Å². The van der Waals surface area contributed by atoms with E-state index in [2.05, 4.69) is 89.9 Å². The minimum atomic E-state index is 0.350. The van der Waals surface area contributed by atoms with Crippen molar-refractivity contribution in [3.63, 3.8) is 0 Å². The maximum atomic E-state index is 6.36. The van der Waals surface area contributed by atoms with Gasteiger partial charge in [-0.3, -0.25) is 0 Å². The van der Waals surface area contributed by atoms with Gasteiger partial charge in [-0.2, -0.15) is 0 Å². The Labute approximate surface area is 287 Å². The summed E-state index contributed by atoms with van der Waals surface area (Å²) in [5.74, 6) is 2.56. The van der Waals surface area contributed by atoms with Gasteiger partial charge in [0.05, 0.1) is 22.4 Å². The quantitative estimate of drug-likeness (QED) is 0.178. The number of fused-ring (bicyclic) bond motifs is 5. The summed E-state index contributed by atoms with van der Waals surface area (Å²) >= 11 is 0. The van der Waals surface area contributed by atoms with E-state index in [4.69, 9.17) is 24.4 Å². The summed E-state index contributed by atoms with van der Waals surface area (Å²) in [5.41, 5.74) is 8.38. The van der Waals surface area contributed by atoms with Gasteiger partial charge in [0, 0.05) is 16.7 Å². The van der Waals surface area contributed by atoms with Crippen LogP contribution in [0, 0.1) is 0 Å². The monoisotopic (exact) mass is 642 g/mol. The molecule has 0 unspecified atom stereocenters. The lowest BCUT2D eigenvalue weighted by molar-refractivity contribution is 0.339. The van der Waals surface area contributed by atoms with E-state index in [9.17, 15) is 0 Å². The first-order chi connectivity index (χ1) is 24.8. The average Bonchev–Trinajstić information content (AvgIpc) is 3.18. The second-order valence-electron chi connectivity index (χ2n) is 12.2. The highest BCUT2D eigenvalue weighted by molar-refractivity contribution is 6.21. The first-order valence-corrected chi connectivity index (χ1v) is 16.5. The first kappa shape index (κ1) is 28.1. The molecule has 9 aromatic rings. The number of nitrogens with zero attached hydrogens (tertiary/aromatic N) is 4. The van der Waals surface area contributed by atoms with Crippen LogP contribution in [0.15, 0.2) is 158 Å². The van der Waals surface area contributed by atoms with Gasteiger partial charge in [-0.15, -0.1) is 0 Å². The molecule has 3 heterocycles. The Bertz CT molecular complexity index is 2650. The van der Waals surface area contributed by atoms with E-state index in [-0.39, 0.29) is 0 Å². The third kappa shape index (κ3) is 4.65. The van der Waals surface area contributed by atoms with Crippen molar-refractivity contribution in [1.29, 1.82) is 0 Å². The fourth-order valence-electron chi connectivity index (χ4n) is 6.89. The number of aromatic nitrogens is 4. The minimum absolute atomic E-state index is 0.350. The zero-order valence-electron chi connectivity index (χ0n) is 26.6. The lowest BCUT2D eigenvalue weighted by atomic mass is 9.88. The van der Waals surface area contributed by atoms with Crippen LogP contribution in [0.1, 0.15) is 0 Å². The van der Waals surface area contributed by atoms with Crippen LogP contribution in [-0.2, 0) is 0 Å². The van der Waals surface area contributed by atoms with Crippen LogP contribution in [0.25, 0.3) is 77.6 Å². The molecule has 0 amide bonds. The largest absolute Gasteiger partial charge is 0.431 e. The van der Waals surface area contributed by atoms with Gasteiger partial charge in [0.25, 0.3) is 11.8 Å².